The summed E-state index contributed by atoms with van der Waals surface area (Å²) in [5.74, 6) is 0.420. The summed E-state index contributed by atoms with van der Waals surface area (Å²) in [5.41, 5.74) is 15.7. The van der Waals surface area contributed by atoms with Crippen LogP contribution in [-0.4, -0.2) is 6.04 Å². The Morgan fingerprint density at radius 1 is 0.611 bits per heavy atom. The lowest BCUT2D eigenvalue weighted by Crippen LogP contribution is -2.29. The molecule has 2 heterocycles. The van der Waals surface area contributed by atoms with E-state index in [1.165, 1.54) is 50.3 Å². The van der Waals surface area contributed by atoms with Crippen LogP contribution in [0.25, 0.3) is 11.1 Å². The van der Waals surface area contributed by atoms with Crippen LogP contribution in [0.2, 0.25) is 0 Å². The fraction of sp³-hybridized carbons (Fsp3) is 0.120. The summed E-state index contributed by atoms with van der Waals surface area (Å²) in [6, 6.07) is 45.4. The van der Waals surface area contributed by atoms with Crippen molar-refractivity contribution in [1.29, 1.82) is 10.5 Å². The second-order valence-electron chi connectivity index (χ2n) is 14.5. The topological polar surface area (TPSA) is 54.1 Å². The SMILES string of the molecule is N#Cc1ccc2c(c1)C1CC=CC(c3ccccc3C3=CC=CCC3c3cccc4c3N(c3ccccc3C#N)C3C=CC=CC43)=C1N2c1ccccc1. The third kappa shape index (κ3) is 4.88. The third-order valence-electron chi connectivity index (χ3n) is 11.7. The first-order chi connectivity index (χ1) is 26.7. The van der Waals surface area contributed by atoms with Gasteiger partial charge in [-0.25, -0.2) is 0 Å². The molecule has 0 spiro atoms. The van der Waals surface area contributed by atoms with Crippen molar-refractivity contribution in [2.75, 3.05) is 9.80 Å². The number of hydrogen-bond acceptors (Lipinski definition) is 4. The van der Waals surface area contributed by atoms with E-state index < -0.39 is 0 Å². The molecular formula is C50H36N4. The molecule has 0 saturated heterocycles. The molecule has 0 saturated carbocycles. The van der Waals surface area contributed by atoms with Gasteiger partial charge in [0.25, 0.3) is 0 Å². The quantitative estimate of drug-likeness (QED) is 0.184. The number of allylic oxidation sites excluding steroid dienone is 10. The fourth-order valence-corrected chi connectivity index (χ4v) is 9.49. The van der Waals surface area contributed by atoms with Crippen molar-refractivity contribution in [2.45, 2.75) is 36.6 Å². The Morgan fingerprint density at radius 3 is 2.26 bits per heavy atom. The second kappa shape index (κ2) is 13.0. The summed E-state index contributed by atoms with van der Waals surface area (Å²) in [5, 5.41) is 20.1. The first-order valence-corrected chi connectivity index (χ1v) is 18.8. The molecule has 10 rings (SSSR count). The predicted molar refractivity (Wildman–Crippen MR) is 219 cm³/mol. The monoisotopic (exact) mass is 692 g/mol. The standard InChI is InChI=1S/C50H36N4/c51-31-33-28-29-48-45(30-33)44-25-13-22-41(49(44)53(48)35-15-2-1-3-16-35)38-19-7-5-17-36(38)37-18-6-8-20-39(37)42-23-12-24-43-40-21-9-11-27-47(40)54(50(42)43)46-26-10-4-14-34(46)32-52/h1-19,21-24,26-30,39-40,44,47H,20,25H2. The van der Waals surface area contributed by atoms with Crippen LogP contribution in [0.4, 0.5) is 22.7 Å². The lowest BCUT2D eigenvalue weighted by Gasteiger charge is -2.33. The van der Waals surface area contributed by atoms with Crippen molar-refractivity contribution < 1.29 is 0 Å². The van der Waals surface area contributed by atoms with E-state index in [1.807, 2.05) is 24.3 Å². The number of fused-ring (bicyclic) bond motifs is 6. The summed E-state index contributed by atoms with van der Waals surface area (Å²) in [7, 11) is 0. The largest absolute Gasteiger partial charge is 0.332 e. The van der Waals surface area contributed by atoms with Gasteiger partial charge in [-0.1, -0.05) is 127 Å². The maximum atomic E-state index is 10.3. The van der Waals surface area contributed by atoms with Crippen molar-refractivity contribution in [2.24, 2.45) is 0 Å². The molecule has 4 atom stereocenters. The van der Waals surface area contributed by atoms with Gasteiger partial charge in [-0.2, -0.15) is 10.5 Å². The molecule has 0 N–H and O–H groups in total. The van der Waals surface area contributed by atoms with E-state index in [1.54, 1.807) is 0 Å². The highest BCUT2D eigenvalue weighted by molar-refractivity contribution is 5.95. The molecule has 5 aromatic carbocycles. The van der Waals surface area contributed by atoms with Gasteiger partial charge in [0.15, 0.2) is 0 Å². The molecule has 0 fully saturated rings. The smallest absolute Gasteiger partial charge is 0.101 e. The van der Waals surface area contributed by atoms with Crippen LogP contribution in [0, 0.1) is 22.7 Å². The van der Waals surface area contributed by atoms with Crippen LogP contribution in [-0.2, 0) is 0 Å². The Balaban J connectivity index is 1.15. The molecule has 256 valence electrons. The van der Waals surface area contributed by atoms with Crippen LogP contribution in [0.1, 0.15) is 69.5 Å². The van der Waals surface area contributed by atoms with E-state index in [4.69, 9.17) is 0 Å². The Bertz CT molecular complexity index is 2620. The third-order valence-corrected chi connectivity index (χ3v) is 11.7. The van der Waals surface area contributed by atoms with Crippen LogP contribution < -0.4 is 9.80 Å². The molecule has 0 radical (unpaired) electrons. The number of rotatable bonds is 5. The van der Waals surface area contributed by atoms with E-state index in [-0.39, 0.29) is 23.8 Å². The highest BCUT2D eigenvalue weighted by Gasteiger charge is 2.42. The van der Waals surface area contributed by atoms with Gasteiger partial charge in [-0.15, -0.1) is 0 Å². The summed E-state index contributed by atoms with van der Waals surface area (Å²) >= 11 is 0. The molecule has 4 unspecified atom stereocenters. The molecule has 5 aliphatic rings. The summed E-state index contributed by atoms with van der Waals surface area (Å²) < 4.78 is 0. The van der Waals surface area contributed by atoms with Gasteiger partial charge in [0.05, 0.1) is 28.9 Å². The van der Waals surface area contributed by atoms with Gasteiger partial charge in [-0.3, -0.25) is 0 Å². The predicted octanol–water partition coefficient (Wildman–Crippen LogP) is 11.9. The lowest BCUT2D eigenvalue weighted by molar-refractivity contribution is 0.742. The van der Waals surface area contributed by atoms with E-state index >= 15 is 0 Å². The average molecular weight is 693 g/mol. The van der Waals surface area contributed by atoms with Crippen LogP contribution in [0.3, 0.4) is 0 Å². The van der Waals surface area contributed by atoms with Crippen molar-refractivity contribution in [3.05, 3.63) is 215 Å². The molecule has 0 amide bonds. The molecule has 2 aliphatic heterocycles. The van der Waals surface area contributed by atoms with E-state index in [0.29, 0.717) is 11.1 Å². The summed E-state index contributed by atoms with van der Waals surface area (Å²) in [4.78, 5) is 4.85. The zero-order valence-corrected chi connectivity index (χ0v) is 29.7. The van der Waals surface area contributed by atoms with E-state index in [0.717, 1.165) is 29.9 Å². The molecule has 0 aromatic heterocycles. The Morgan fingerprint density at radius 2 is 1.39 bits per heavy atom. The molecular weight excluding hydrogens is 657 g/mol. The van der Waals surface area contributed by atoms with Gasteiger partial charge in [0.2, 0.25) is 0 Å². The first kappa shape index (κ1) is 31.8. The molecule has 0 bridgehead atoms. The summed E-state index contributed by atoms with van der Waals surface area (Å²) in [6.07, 6.45) is 22.1. The molecule has 3 aliphatic carbocycles. The van der Waals surface area contributed by atoms with Gasteiger partial charge in [0, 0.05) is 46.1 Å². The minimum atomic E-state index is 0.0882. The number of hydrogen-bond donors (Lipinski definition) is 0. The number of nitriles is 2. The van der Waals surface area contributed by atoms with Crippen molar-refractivity contribution in [3.63, 3.8) is 0 Å². The van der Waals surface area contributed by atoms with E-state index in [2.05, 4.69) is 168 Å². The molecule has 4 heteroatoms. The summed E-state index contributed by atoms with van der Waals surface area (Å²) in [6.45, 7) is 0. The van der Waals surface area contributed by atoms with Crippen molar-refractivity contribution in [1.82, 2.24) is 0 Å². The lowest BCUT2D eigenvalue weighted by atomic mass is 9.77. The number of para-hydroxylation sites is 3. The van der Waals surface area contributed by atoms with E-state index in [9.17, 15) is 10.5 Å². The number of nitrogens with zero attached hydrogens (tertiary/aromatic N) is 4. The number of benzene rings is 5. The van der Waals surface area contributed by atoms with Crippen molar-refractivity contribution >= 4 is 33.9 Å². The van der Waals surface area contributed by atoms with Crippen LogP contribution in [0.15, 0.2) is 176 Å². The molecule has 4 nitrogen and oxygen atoms in total. The molecule has 5 aromatic rings. The maximum Gasteiger partial charge on any atom is 0.101 e. The van der Waals surface area contributed by atoms with Crippen LogP contribution in [0.5, 0.6) is 0 Å². The van der Waals surface area contributed by atoms with Gasteiger partial charge in [-0.05, 0) is 88.7 Å². The molecule has 54 heavy (non-hydrogen) atoms. The highest BCUT2D eigenvalue weighted by Crippen LogP contribution is 2.56. The minimum Gasteiger partial charge on any atom is -0.332 e. The van der Waals surface area contributed by atoms with Gasteiger partial charge in [0.1, 0.15) is 6.07 Å². The Hall–Kier alpha value is -6.88. The fourth-order valence-electron chi connectivity index (χ4n) is 9.49. The zero-order chi connectivity index (χ0) is 36.2. The maximum absolute atomic E-state index is 10.3. The highest BCUT2D eigenvalue weighted by atomic mass is 15.2. The number of anilines is 4. The zero-order valence-electron chi connectivity index (χ0n) is 29.7. The van der Waals surface area contributed by atoms with Crippen molar-refractivity contribution in [3.8, 4) is 12.1 Å². The Kier molecular flexibility index (Phi) is 7.64. The van der Waals surface area contributed by atoms with Gasteiger partial charge < -0.3 is 9.80 Å². The Labute approximate surface area is 316 Å². The normalized spacial score (nSPS) is 21.6. The second-order valence-corrected chi connectivity index (χ2v) is 14.5. The average Bonchev–Trinajstić information content (AvgIpc) is 3.77. The first-order valence-electron chi connectivity index (χ1n) is 18.8. The van der Waals surface area contributed by atoms with Gasteiger partial charge >= 0.3 is 0 Å². The minimum absolute atomic E-state index is 0.0882. The van der Waals surface area contributed by atoms with Crippen LogP contribution >= 0.6 is 0 Å².